The van der Waals surface area contributed by atoms with Gasteiger partial charge in [-0.15, -0.1) is 0 Å². The smallest absolute Gasteiger partial charge is 0.305 e. The molecule has 134 valence electrons. The summed E-state index contributed by atoms with van der Waals surface area (Å²) in [5, 5.41) is 5.37. The molecule has 0 radical (unpaired) electrons. The van der Waals surface area contributed by atoms with Gasteiger partial charge in [0.15, 0.2) is 0 Å². The minimum absolute atomic E-state index is 0.153. The van der Waals surface area contributed by atoms with Gasteiger partial charge in [0.1, 0.15) is 17.5 Å². The van der Waals surface area contributed by atoms with Crippen molar-refractivity contribution in [2.24, 2.45) is 0 Å². The Bertz CT molecular complexity index is 918. The number of benzene rings is 2. The van der Waals surface area contributed by atoms with Crippen molar-refractivity contribution in [3.05, 3.63) is 65.5 Å². The Morgan fingerprint density at radius 1 is 1.04 bits per heavy atom. The fourth-order valence-electron chi connectivity index (χ4n) is 1.89. The van der Waals surface area contributed by atoms with Crippen LogP contribution in [0.15, 0.2) is 47.6 Å². The Labute approximate surface area is 154 Å². The highest BCUT2D eigenvalue weighted by molar-refractivity contribution is 7.98. The molecule has 3 aromatic rings. The van der Waals surface area contributed by atoms with E-state index in [0.29, 0.717) is 17.0 Å². The minimum Gasteiger partial charge on any atom is -0.305 e. The summed E-state index contributed by atoms with van der Waals surface area (Å²) in [5.74, 6) is -1.38. The Morgan fingerprint density at radius 3 is 2.50 bits per heavy atom. The second-order valence-corrected chi connectivity index (χ2v) is 6.69. The third kappa shape index (κ3) is 4.96. The SMILES string of the molecule is O=C(Nc1nc(SCc2ccc(F)cc2)ns1)Nc1ccc(F)cc1F. The molecule has 1 aromatic heterocycles. The molecule has 0 saturated carbocycles. The lowest BCUT2D eigenvalue weighted by molar-refractivity contribution is 0.262. The van der Waals surface area contributed by atoms with Gasteiger partial charge in [0, 0.05) is 23.4 Å². The summed E-state index contributed by atoms with van der Waals surface area (Å²) in [6.07, 6.45) is 0. The van der Waals surface area contributed by atoms with Gasteiger partial charge in [0.25, 0.3) is 0 Å². The lowest BCUT2D eigenvalue weighted by Gasteiger charge is -2.06. The summed E-state index contributed by atoms with van der Waals surface area (Å²) >= 11 is 2.29. The number of rotatable bonds is 5. The number of nitrogens with zero attached hydrogens (tertiary/aromatic N) is 2. The van der Waals surface area contributed by atoms with Crippen molar-refractivity contribution in [1.82, 2.24) is 9.36 Å². The number of hydrogen-bond donors (Lipinski definition) is 2. The number of aromatic nitrogens is 2. The Morgan fingerprint density at radius 2 is 1.77 bits per heavy atom. The molecular formula is C16H11F3N4OS2. The van der Waals surface area contributed by atoms with Crippen LogP contribution in [0.3, 0.4) is 0 Å². The van der Waals surface area contributed by atoms with Gasteiger partial charge in [-0.3, -0.25) is 5.32 Å². The van der Waals surface area contributed by atoms with E-state index in [4.69, 9.17) is 0 Å². The summed E-state index contributed by atoms with van der Waals surface area (Å²) in [6, 6.07) is 8.18. The van der Waals surface area contributed by atoms with Crippen LogP contribution in [0.5, 0.6) is 0 Å². The molecule has 5 nitrogen and oxygen atoms in total. The fraction of sp³-hybridized carbons (Fsp3) is 0.0625. The average Bonchev–Trinajstić information content (AvgIpc) is 3.04. The lowest BCUT2D eigenvalue weighted by Crippen LogP contribution is -2.20. The second-order valence-electron chi connectivity index (χ2n) is 5.00. The van der Waals surface area contributed by atoms with Crippen LogP contribution < -0.4 is 10.6 Å². The van der Waals surface area contributed by atoms with Crippen LogP contribution in [0.4, 0.5) is 28.8 Å². The molecular weight excluding hydrogens is 385 g/mol. The number of hydrogen-bond acceptors (Lipinski definition) is 5. The molecule has 0 unspecified atom stereocenters. The van der Waals surface area contributed by atoms with Crippen molar-refractivity contribution >= 4 is 40.1 Å². The van der Waals surface area contributed by atoms with Crippen LogP contribution in [0, 0.1) is 17.5 Å². The number of thioether (sulfide) groups is 1. The van der Waals surface area contributed by atoms with Gasteiger partial charge in [-0.2, -0.15) is 9.36 Å². The summed E-state index contributed by atoms with van der Waals surface area (Å²) in [7, 11) is 0. The maximum Gasteiger partial charge on any atom is 0.325 e. The highest BCUT2D eigenvalue weighted by Gasteiger charge is 2.11. The van der Waals surface area contributed by atoms with E-state index in [1.54, 1.807) is 12.1 Å². The zero-order chi connectivity index (χ0) is 18.5. The highest BCUT2D eigenvalue weighted by atomic mass is 32.2. The molecule has 0 saturated heterocycles. The molecule has 10 heteroatoms. The maximum atomic E-state index is 13.5. The average molecular weight is 396 g/mol. The monoisotopic (exact) mass is 396 g/mol. The van der Waals surface area contributed by atoms with Crippen molar-refractivity contribution < 1.29 is 18.0 Å². The largest absolute Gasteiger partial charge is 0.325 e. The first-order valence-corrected chi connectivity index (χ1v) is 8.99. The van der Waals surface area contributed by atoms with Gasteiger partial charge in [-0.1, -0.05) is 23.9 Å². The zero-order valence-corrected chi connectivity index (χ0v) is 14.6. The number of halogens is 3. The summed E-state index contributed by atoms with van der Waals surface area (Å²) < 4.78 is 43.3. The van der Waals surface area contributed by atoms with Crippen molar-refractivity contribution in [2.45, 2.75) is 10.9 Å². The van der Waals surface area contributed by atoms with E-state index in [-0.39, 0.29) is 16.6 Å². The number of carbonyl (C=O) groups is 1. The molecule has 0 aliphatic carbocycles. The van der Waals surface area contributed by atoms with Crippen LogP contribution in [0.25, 0.3) is 0 Å². The number of amides is 2. The van der Waals surface area contributed by atoms with Crippen LogP contribution >= 0.6 is 23.3 Å². The van der Waals surface area contributed by atoms with Crippen molar-refractivity contribution in [3.8, 4) is 0 Å². The van der Waals surface area contributed by atoms with Crippen molar-refractivity contribution in [2.75, 3.05) is 10.6 Å². The third-order valence-corrected chi connectivity index (χ3v) is 4.75. The normalized spacial score (nSPS) is 10.6. The number of nitrogens with one attached hydrogen (secondary N) is 2. The summed E-state index contributed by atoms with van der Waals surface area (Å²) in [6.45, 7) is 0. The number of carbonyl (C=O) groups excluding carboxylic acids is 1. The quantitative estimate of drug-likeness (QED) is 0.603. The number of urea groups is 1. The minimum atomic E-state index is -0.882. The van der Waals surface area contributed by atoms with Crippen LogP contribution in [-0.4, -0.2) is 15.4 Å². The lowest BCUT2D eigenvalue weighted by atomic mass is 10.2. The van der Waals surface area contributed by atoms with Crippen LogP contribution in [0.2, 0.25) is 0 Å². The van der Waals surface area contributed by atoms with Gasteiger partial charge in [0.2, 0.25) is 10.3 Å². The molecule has 1 heterocycles. The zero-order valence-electron chi connectivity index (χ0n) is 13.0. The Kier molecular flexibility index (Phi) is 5.74. The van der Waals surface area contributed by atoms with Crippen molar-refractivity contribution in [3.63, 3.8) is 0 Å². The second kappa shape index (κ2) is 8.19. The predicted octanol–water partition coefficient (Wildman–Crippen LogP) is 4.89. The van der Waals surface area contributed by atoms with Gasteiger partial charge >= 0.3 is 6.03 Å². The molecule has 0 aliphatic heterocycles. The van der Waals surface area contributed by atoms with Gasteiger partial charge in [-0.05, 0) is 29.8 Å². The first kappa shape index (κ1) is 18.2. The third-order valence-electron chi connectivity index (χ3n) is 3.09. The van der Waals surface area contributed by atoms with Crippen LogP contribution in [-0.2, 0) is 5.75 Å². The van der Waals surface area contributed by atoms with E-state index >= 15 is 0 Å². The molecule has 2 N–H and O–H groups in total. The number of anilines is 2. The predicted molar refractivity (Wildman–Crippen MR) is 94.9 cm³/mol. The Hall–Kier alpha value is -2.59. The molecule has 2 aromatic carbocycles. The van der Waals surface area contributed by atoms with E-state index < -0.39 is 17.7 Å². The van der Waals surface area contributed by atoms with E-state index in [9.17, 15) is 18.0 Å². The first-order valence-electron chi connectivity index (χ1n) is 7.23. The van der Waals surface area contributed by atoms with Gasteiger partial charge < -0.3 is 5.32 Å². The summed E-state index contributed by atoms with van der Waals surface area (Å²) in [4.78, 5) is 16.0. The standard InChI is InChI=1S/C16H11F3N4OS2/c17-10-3-1-9(2-4-10)8-25-16-22-15(26-23-16)21-14(24)20-13-6-5-11(18)7-12(13)19/h1-7H,8H2,(H2,20,21,22,23,24). The molecule has 26 heavy (non-hydrogen) atoms. The fourth-order valence-corrected chi connectivity index (χ4v) is 3.38. The van der Waals surface area contributed by atoms with E-state index in [2.05, 4.69) is 20.0 Å². The van der Waals surface area contributed by atoms with Gasteiger partial charge in [0.05, 0.1) is 5.69 Å². The van der Waals surface area contributed by atoms with E-state index in [0.717, 1.165) is 29.2 Å². The topological polar surface area (TPSA) is 66.9 Å². The van der Waals surface area contributed by atoms with Crippen molar-refractivity contribution in [1.29, 1.82) is 0 Å². The molecule has 0 atom stereocenters. The maximum absolute atomic E-state index is 13.5. The molecule has 2 amide bonds. The molecule has 0 bridgehead atoms. The molecule has 3 rings (SSSR count). The summed E-state index contributed by atoms with van der Waals surface area (Å²) in [5.41, 5.74) is 0.754. The van der Waals surface area contributed by atoms with Gasteiger partial charge in [-0.25, -0.2) is 18.0 Å². The highest BCUT2D eigenvalue weighted by Crippen LogP contribution is 2.24. The molecule has 0 fully saturated rings. The Balaban J connectivity index is 1.54. The van der Waals surface area contributed by atoms with Crippen LogP contribution in [0.1, 0.15) is 5.56 Å². The molecule has 0 spiro atoms. The first-order chi connectivity index (χ1) is 12.5. The molecule has 0 aliphatic rings. The van der Waals surface area contributed by atoms with E-state index in [1.807, 2.05) is 0 Å². The van der Waals surface area contributed by atoms with E-state index in [1.165, 1.54) is 23.9 Å².